The van der Waals surface area contributed by atoms with E-state index in [2.05, 4.69) is 10.0 Å². The second-order valence-electron chi connectivity index (χ2n) is 5.31. The second-order valence-corrected chi connectivity index (χ2v) is 7.11. The van der Waals surface area contributed by atoms with Gasteiger partial charge in [0.25, 0.3) is 0 Å². The average Bonchev–Trinajstić information content (AvgIpc) is 2.31. The zero-order valence-corrected chi connectivity index (χ0v) is 12.6. The van der Waals surface area contributed by atoms with E-state index < -0.39 is 27.9 Å². The van der Waals surface area contributed by atoms with Crippen LogP contribution in [0.3, 0.4) is 0 Å². The third-order valence-corrected chi connectivity index (χ3v) is 5.02. The molecule has 1 rings (SSSR count). The lowest BCUT2D eigenvalue weighted by molar-refractivity contribution is -0.122. The van der Waals surface area contributed by atoms with Gasteiger partial charge in [-0.1, -0.05) is 0 Å². The first-order chi connectivity index (χ1) is 9.15. The molecule has 2 N–H and O–H groups in total. The van der Waals surface area contributed by atoms with Crippen LogP contribution in [-0.4, -0.2) is 38.6 Å². The van der Waals surface area contributed by atoms with Gasteiger partial charge in [0, 0.05) is 19.4 Å². The lowest BCUT2D eigenvalue weighted by Gasteiger charge is -2.28. The average molecular weight is 312 g/mol. The van der Waals surface area contributed by atoms with E-state index in [4.69, 9.17) is 0 Å². The standard InChI is InChI=1S/C12H22F2N2O3S/c1-3-15-11(17)9(2)16-20(18,19)8-10-4-6-12(13,14)7-5-10/h9-10,16H,3-8H2,1-2H3,(H,15,17)/t9-/m0/s1. The van der Waals surface area contributed by atoms with E-state index in [-0.39, 0.29) is 37.4 Å². The summed E-state index contributed by atoms with van der Waals surface area (Å²) in [4.78, 5) is 11.5. The van der Waals surface area contributed by atoms with Crippen LogP contribution in [0.5, 0.6) is 0 Å². The van der Waals surface area contributed by atoms with Gasteiger partial charge in [0.2, 0.25) is 21.9 Å². The van der Waals surface area contributed by atoms with Crippen LogP contribution >= 0.6 is 0 Å². The van der Waals surface area contributed by atoms with Crippen molar-refractivity contribution in [1.29, 1.82) is 0 Å². The highest BCUT2D eigenvalue weighted by Gasteiger charge is 2.36. The largest absolute Gasteiger partial charge is 0.355 e. The van der Waals surface area contributed by atoms with Gasteiger partial charge in [0.05, 0.1) is 11.8 Å². The smallest absolute Gasteiger partial charge is 0.248 e. The van der Waals surface area contributed by atoms with Gasteiger partial charge < -0.3 is 5.32 Å². The van der Waals surface area contributed by atoms with E-state index in [0.29, 0.717) is 6.54 Å². The Morgan fingerprint density at radius 3 is 2.40 bits per heavy atom. The number of rotatable bonds is 6. The Morgan fingerprint density at radius 1 is 1.35 bits per heavy atom. The fraction of sp³-hybridized carbons (Fsp3) is 0.917. The summed E-state index contributed by atoms with van der Waals surface area (Å²) in [5.41, 5.74) is 0. The van der Waals surface area contributed by atoms with Gasteiger partial charge >= 0.3 is 0 Å². The fourth-order valence-electron chi connectivity index (χ4n) is 2.28. The molecule has 5 nitrogen and oxygen atoms in total. The van der Waals surface area contributed by atoms with Crippen molar-refractivity contribution in [3.63, 3.8) is 0 Å². The predicted octanol–water partition coefficient (Wildman–Crippen LogP) is 1.26. The first-order valence-corrected chi connectivity index (χ1v) is 8.46. The molecule has 0 aromatic carbocycles. The molecule has 1 fully saturated rings. The number of carbonyl (C=O) groups is 1. The molecule has 1 aliphatic rings. The van der Waals surface area contributed by atoms with Crippen LogP contribution < -0.4 is 10.0 Å². The molecular formula is C12H22F2N2O3S. The Hall–Kier alpha value is -0.760. The summed E-state index contributed by atoms with van der Waals surface area (Å²) in [6.45, 7) is 3.61. The molecule has 0 aromatic heterocycles. The second kappa shape index (κ2) is 6.80. The quantitative estimate of drug-likeness (QED) is 0.775. The minimum atomic E-state index is -3.64. The van der Waals surface area contributed by atoms with Crippen LogP contribution in [0.4, 0.5) is 8.78 Å². The van der Waals surface area contributed by atoms with Crippen LogP contribution in [0.15, 0.2) is 0 Å². The minimum absolute atomic E-state index is 0.198. The normalized spacial score (nSPS) is 21.4. The molecule has 0 saturated heterocycles. The third-order valence-electron chi connectivity index (χ3n) is 3.39. The molecule has 118 valence electrons. The Labute approximate surface area is 118 Å². The van der Waals surface area contributed by atoms with Crippen molar-refractivity contribution in [3.05, 3.63) is 0 Å². The topological polar surface area (TPSA) is 75.3 Å². The molecule has 0 radical (unpaired) electrons. The molecule has 1 atom stereocenters. The molecule has 0 heterocycles. The lowest BCUT2D eigenvalue weighted by atomic mass is 9.88. The number of carbonyl (C=O) groups excluding carboxylic acids is 1. The number of likely N-dealkylation sites (N-methyl/N-ethyl adjacent to an activating group) is 1. The van der Waals surface area contributed by atoms with Gasteiger partial charge in [-0.25, -0.2) is 21.9 Å². The van der Waals surface area contributed by atoms with Crippen LogP contribution in [0.1, 0.15) is 39.5 Å². The van der Waals surface area contributed by atoms with Crippen molar-refractivity contribution in [3.8, 4) is 0 Å². The van der Waals surface area contributed by atoms with Crippen molar-refractivity contribution in [2.75, 3.05) is 12.3 Å². The molecule has 8 heteroatoms. The zero-order valence-electron chi connectivity index (χ0n) is 11.8. The van der Waals surface area contributed by atoms with Crippen molar-refractivity contribution in [2.45, 2.75) is 51.5 Å². The predicted molar refractivity (Wildman–Crippen MR) is 72.0 cm³/mol. The maximum absolute atomic E-state index is 13.0. The summed E-state index contributed by atoms with van der Waals surface area (Å²) in [6, 6.07) is -0.856. The lowest BCUT2D eigenvalue weighted by Crippen LogP contribution is -2.46. The van der Waals surface area contributed by atoms with Gasteiger partial charge in [-0.05, 0) is 32.6 Å². The fourth-order valence-corrected chi connectivity index (χ4v) is 3.97. The highest BCUT2D eigenvalue weighted by molar-refractivity contribution is 7.89. The summed E-state index contributed by atoms with van der Waals surface area (Å²) >= 11 is 0. The van der Waals surface area contributed by atoms with E-state index >= 15 is 0 Å². The van der Waals surface area contributed by atoms with Gasteiger partial charge in [-0.2, -0.15) is 0 Å². The first kappa shape index (κ1) is 17.3. The monoisotopic (exact) mass is 312 g/mol. The minimum Gasteiger partial charge on any atom is -0.355 e. The van der Waals surface area contributed by atoms with Gasteiger partial charge in [0.1, 0.15) is 0 Å². The Balaban J connectivity index is 2.48. The van der Waals surface area contributed by atoms with Gasteiger partial charge in [0.15, 0.2) is 0 Å². The summed E-state index contributed by atoms with van der Waals surface area (Å²) in [5, 5.41) is 2.52. The van der Waals surface area contributed by atoms with E-state index in [9.17, 15) is 22.0 Å². The molecule has 1 aliphatic carbocycles. The SMILES string of the molecule is CCNC(=O)[C@H](C)NS(=O)(=O)CC1CCC(F)(F)CC1. The van der Waals surface area contributed by atoms with Crippen LogP contribution in [0, 0.1) is 5.92 Å². The van der Waals surface area contributed by atoms with Gasteiger partial charge in [-0.3, -0.25) is 4.79 Å². The van der Waals surface area contributed by atoms with Gasteiger partial charge in [-0.15, -0.1) is 0 Å². The number of amides is 1. The molecule has 0 bridgehead atoms. The number of alkyl halides is 2. The molecule has 0 aliphatic heterocycles. The van der Waals surface area contributed by atoms with Crippen molar-refractivity contribution in [1.82, 2.24) is 10.0 Å². The molecular weight excluding hydrogens is 290 g/mol. The van der Waals surface area contributed by atoms with Crippen LogP contribution in [0.2, 0.25) is 0 Å². The number of halogens is 2. The Bertz CT molecular complexity index is 430. The van der Waals surface area contributed by atoms with E-state index in [1.54, 1.807) is 6.92 Å². The van der Waals surface area contributed by atoms with Crippen molar-refractivity contribution >= 4 is 15.9 Å². The van der Waals surface area contributed by atoms with E-state index in [0.717, 1.165) is 0 Å². The van der Waals surface area contributed by atoms with E-state index in [1.807, 2.05) is 0 Å². The Kier molecular flexibility index (Phi) is 5.88. The zero-order chi connectivity index (χ0) is 15.4. The first-order valence-electron chi connectivity index (χ1n) is 6.81. The molecule has 20 heavy (non-hydrogen) atoms. The molecule has 1 amide bonds. The summed E-state index contributed by atoms with van der Waals surface area (Å²) in [7, 11) is -3.64. The summed E-state index contributed by atoms with van der Waals surface area (Å²) in [5.74, 6) is -3.53. The number of sulfonamides is 1. The van der Waals surface area contributed by atoms with Crippen molar-refractivity contribution < 1.29 is 22.0 Å². The molecule has 0 unspecified atom stereocenters. The molecule has 1 saturated carbocycles. The van der Waals surface area contributed by atoms with Crippen LogP contribution in [0.25, 0.3) is 0 Å². The third kappa shape index (κ3) is 5.70. The number of hydrogen-bond donors (Lipinski definition) is 2. The molecule has 0 aromatic rings. The summed E-state index contributed by atoms with van der Waals surface area (Å²) in [6.07, 6.45) is -0.134. The highest BCUT2D eigenvalue weighted by Crippen LogP contribution is 2.36. The highest BCUT2D eigenvalue weighted by atomic mass is 32.2. The van der Waals surface area contributed by atoms with Crippen LogP contribution in [-0.2, 0) is 14.8 Å². The number of hydrogen-bond acceptors (Lipinski definition) is 3. The maximum atomic E-state index is 13.0. The van der Waals surface area contributed by atoms with Crippen molar-refractivity contribution in [2.24, 2.45) is 5.92 Å². The van der Waals surface area contributed by atoms with E-state index in [1.165, 1.54) is 6.92 Å². The Morgan fingerprint density at radius 2 is 1.90 bits per heavy atom. The molecule has 0 spiro atoms. The summed E-state index contributed by atoms with van der Waals surface area (Å²) < 4.78 is 52.1. The number of nitrogens with one attached hydrogen (secondary N) is 2. The maximum Gasteiger partial charge on any atom is 0.248 e.